The Bertz CT molecular complexity index is 652. The van der Waals surface area contributed by atoms with E-state index < -0.39 is 0 Å². The van der Waals surface area contributed by atoms with E-state index in [1.807, 2.05) is 4.40 Å². The Labute approximate surface area is 131 Å². The molecule has 108 valence electrons. The fourth-order valence-corrected chi connectivity index (χ4v) is 4.00. The summed E-state index contributed by atoms with van der Waals surface area (Å²) in [7, 11) is 0. The zero-order valence-corrected chi connectivity index (χ0v) is 13.9. The van der Waals surface area contributed by atoms with Crippen molar-refractivity contribution in [1.82, 2.24) is 14.4 Å². The number of imidazole rings is 1. The first kappa shape index (κ1) is 14.1. The standard InChI is InChI=1S/C14H18BrClN4/c1-7(2)8-3-4-9(5-8)14-19-12(15)11-13(17)18-6-10(16)20(11)14/h6-9H,3-5H2,1-2H3,(H2,17,18)/t8-,9+/m1/s1. The van der Waals surface area contributed by atoms with Crippen LogP contribution in [0.15, 0.2) is 10.8 Å². The molecule has 2 atom stereocenters. The van der Waals surface area contributed by atoms with E-state index in [1.165, 1.54) is 12.8 Å². The van der Waals surface area contributed by atoms with Gasteiger partial charge in [-0.3, -0.25) is 4.40 Å². The summed E-state index contributed by atoms with van der Waals surface area (Å²) >= 11 is 9.79. The number of rotatable bonds is 2. The van der Waals surface area contributed by atoms with Gasteiger partial charge >= 0.3 is 0 Å². The van der Waals surface area contributed by atoms with Crippen LogP contribution in [-0.2, 0) is 0 Å². The van der Waals surface area contributed by atoms with E-state index >= 15 is 0 Å². The van der Waals surface area contributed by atoms with Gasteiger partial charge in [-0.25, -0.2) is 9.97 Å². The molecule has 0 amide bonds. The Morgan fingerprint density at radius 2 is 2.20 bits per heavy atom. The molecule has 0 aliphatic heterocycles. The Hall–Kier alpha value is -0.810. The normalized spacial score (nSPS) is 23.1. The molecule has 6 heteroatoms. The van der Waals surface area contributed by atoms with E-state index in [4.69, 9.17) is 17.3 Å². The lowest BCUT2D eigenvalue weighted by Crippen LogP contribution is -2.06. The van der Waals surface area contributed by atoms with Gasteiger partial charge in [0.05, 0.1) is 6.20 Å². The van der Waals surface area contributed by atoms with Gasteiger partial charge in [-0.05, 0) is 47.0 Å². The zero-order chi connectivity index (χ0) is 14.4. The summed E-state index contributed by atoms with van der Waals surface area (Å²) in [6.07, 6.45) is 5.18. The largest absolute Gasteiger partial charge is 0.382 e. The van der Waals surface area contributed by atoms with Crippen molar-refractivity contribution in [3.8, 4) is 0 Å². The summed E-state index contributed by atoms with van der Waals surface area (Å²) in [5.74, 6) is 3.40. The summed E-state index contributed by atoms with van der Waals surface area (Å²) in [6, 6.07) is 0. The molecule has 1 fully saturated rings. The molecule has 2 aromatic rings. The number of hydrogen-bond acceptors (Lipinski definition) is 3. The first-order valence-electron chi connectivity index (χ1n) is 6.96. The molecule has 20 heavy (non-hydrogen) atoms. The number of nitrogens with two attached hydrogens (primary N) is 1. The molecule has 2 N–H and O–H groups in total. The molecule has 1 aliphatic carbocycles. The van der Waals surface area contributed by atoms with Crippen LogP contribution in [0.25, 0.3) is 5.52 Å². The highest BCUT2D eigenvalue weighted by molar-refractivity contribution is 9.10. The van der Waals surface area contributed by atoms with Crippen molar-refractivity contribution in [2.45, 2.75) is 39.0 Å². The Kier molecular flexibility index (Phi) is 3.67. The highest BCUT2D eigenvalue weighted by atomic mass is 79.9. The van der Waals surface area contributed by atoms with Gasteiger partial charge in [-0.15, -0.1) is 0 Å². The summed E-state index contributed by atoms with van der Waals surface area (Å²) in [5.41, 5.74) is 6.73. The predicted octanol–water partition coefficient (Wildman–Crippen LogP) is 4.27. The van der Waals surface area contributed by atoms with Gasteiger partial charge < -0.3 is 5.73 Å². The monoisotopic (exact) mass is 356 g/mol. The third-order valence-electron chi connectivity index (χ3n) is 4.41. The van der Waals surface area contributed by atoms with Crippen LogP contribution < -0.4 is 5.73 Å². The van der Waals surface area contributed by atoms with Crippen LogP contribution in [0, 0.1) is 11.8 Å². The van der Waals surface area contributed by atoms with Crippen molar-refractivity contribution < 1.29 is 0 Å². The highest BCUT2D eigenvalue weighted by Gasteiger charge is 2.31. The molecule has 0 unspecified atom stereocenters. The summed E-state index contributed by atoms with van der Waals surface area (Å²) < 4.78 is 2.68. The third-order valence-corrected chi connectivity index (χ3v) is 5.23. The Balaban J connectivity index is 2.07. The van der Waals surface area contributed by atoms with Crippen LogP contribution >= 0.6 is 27.5 Å². The maximum Gasteiger partial charge on any atom is 0.150 e. The molecule has 0 bridgehead atoms. The van der Waals surface area contributed by atoms with Crippen LogP contribution in [0.4, 0.5) is 5.82 Å². The van der Waals surface area contributed by atoms with Gasteiger partial charge in [0, 0.05) is 5.92 Å². The van der Waals surface area contributed by atoms with Crippen molar-refractivity contribution in [2.75, 3.05) is 5.73 Å². The van der Waals surface area contributed by atoms with Gasteiger partial charge in [0.15, 0.2) is 5.82 Å². The molecule has 0 aromatic carbocycles. The van der Waals surface area contributed by atoms with Crippen LogP contribution in [0.2, 0.25) is 5.15 Å². The lowest BCUT2D eigenvalue weighted by atomic mass is 9.93. The van der Waals surface area contributed by atoms with Crippen molar-refractivity contribution in [3.63, 3.8) is 0 Å². The van der Waals surface area contributed by atoms with E-state index in [-0.39, 0.29) is 0 Å². The van der Waals surface area contributed by atoms with Crippen LogP contribution in [0.1, 0.15) is 44.9 Å². The second-order valence-corrected chi connectivity index (χ2v) is 7.06. The van der Waals surface area contributed by atoms with Crippen molar-refractivity contribution in [3.05, 3.63) is 21.8 Å². The van der Waals surface area contributed by atoms with Gasteiger partial charge in [-0.2, -0.15) is 0 Å². The minimum Gasteiger partial charge on any atom is -0.382 e. The second kappa shape index (κ2) is 5.19. The van der Waals surface area contributed by atoms with Crippen molar-refractivity contribution in [2.24, 2.45) is 11.8 Å². The molecule has 0 spiro atoms. The fourth-order valence-electron chi connectivity index (χ4n) is 3.22. The number of anilines is 1. The number of hydrogen-bond donors (Lipinski definition) is 1. The van der Waals surface area contributed by atoms with Crippen LogP contribution in [-0.4, -0.2) is 14.4 Å². The smallest absolute Gasteiger partial charge is 0.150 e. The van der Waals surface area contributed by atoms with Crippen LogP contribution in [0.5, 0.6) is 0 Å². The fraction of sp³-hybridized carbons (Fsp3) is 0.571. The number of fused-ring (bicyclic) bond motifs is 1. The van der Waals surface area contributed by atoms with Gasteiger partial charge in [0.25, 0.3) is 0 Å². The maximum atomic E-state index is 6.31. The van der Waals surface area contributed by atoms with E-state index in [1.54, 1.807) is 6.20 Å². The Morgan fingerprint density at radius 1 is 1.45 bits per heavy atom. The van der Waals surface area contributed by atoms with E-state index in [0.717, 1.165) is 34.2 Å². The van der Waals surface area contributed by atoms with Crippen molar-refractivity contribution >= 4 is 38.9 Å². The average Bonchev–Trinajstić information content (AvgIpc) is 2.99. The van der Waals surface area contributed by atoms with Gasteiger partial charge in [0.2, 0.25) is 0 Å². The molecule has 2 heterocycles. The van der Waals surface area contributed by atoms with Crippen LogP contribution in [0.3, 0.4) is 0 Å². The molecular formula is C14H18BrClN4. The molecule has 0 radical (unpaired) electrons. The SMILES string of the molecule is CC(C)[C@@H]1CC[C@H](c2nc(Br)c3c(N)ncc(Cl)n23)C1. The summed E-state index contributed by atoms with van der Waals surface area (Å²) in [6.45, 7) is 4.59. The predicted molar refractivity (Wildman–Crippen MR) is 85.0 cm³/mol. The molecule has 1 aliphatic rings. The second-order valence-electron chi connectivity index (χ2n) is 5.93. The lowest BCUT2D eigenvalue weighted by Gasteiger charge is -2.14. The average molecular weight is 358 g/mol. The number of nitrogen functional groups attached to an aromatic ring is 1. The minimum atomic E-state index is 0.445. The number of aromatic nitrogens is 3. The molecule has 4 nitrogen and oxygen atoms in total. The number of nitrogens with zero attached hydrogens (tertiary/aromatic N) is 3. The lowest BCUT2D eigenvalue weighted by molar-refractivity contribution is 0.390. The maximum absolute atomic E-state index is 6.31. The van der Waals surface area contributed by atoms with Crippen molar-refractivity contribution in [1.29, 1.82) is 0 Å². The molecule has 2 aromatic heterocycles. The topological polar surface area (TPSA) is 56.2 Å². The molecule has 3 rings (SSSR count). The van der Waals surface area contributed by atoms with E-state index in [0.29, 0.717) is 16.9 Å². The zero-order valence-electron chi connectivity index (χ0n) is 11.6. The summed E-state index contributed by atoms with van der Waals surface area (Å²) in [5, 5.41) is 0.565. The third kappa shape index (κ3) is 2.21. The Morgan fingerprint density at radius 3 is 2.85 bits per heavy atom. The molecule has 0 saturated heterocycles. The molecular weight excluding hydrogens is 340 g/mol. The van der Waals surface area contributed by atoms with E-state index in [2.05, 4.69) is 39.7 Å². The first-order chi connectivity index (χ1) is 9.49. The summed E-state index contributed by atoms with van der Waals surface area (Å²) in [4.78, 5) is 8.77. The molecule has 1 saturated carbocycles. The first-order valence-corrected chi connectivity index (χ1v) is 8.14. The van der Waals surface area contributed by atoms with Gasteiger partial charge in [0.1, 0.15) is 21.1 Å². The van der Waals surface area contributed by atoms with E-state index in [9.17, 15) is 0 Å². The minimum absolute atomic E-state index is 0.445. The van der Waals surface area contributed by atoms with Gasteiger partial charge in [-0.1, -0.05) is 25.4 Å². The quantitative estimate of drug-likeness (QED) is 0.873. The highest BCUT2D eigenvalue weighted by Crippen LogP contribution is 2.42. The number of halogens is 2.